The Morgan fingerprint density at radius 2 is 2.36 bits per heavy atom. The van der Waals surface area contributed by atoms with E-state index in [4.69, 9.17) is 5.73 Å². The Balaban J connectivity index is 1.66. The van der Waals surface area contributed by atoms with E-state index in [2.05, 4.69) is 15.7 Å². The van der Waals surface area contributed by atoms with Crippen LogP contribution >= 0.6 is 0 Å². The predicted molar refractivity (Wildman–Crippen MR) is 55.0 cm³/mol. The van der Waals surface area contributed by atoms with Crippen LogP contribution in [0, 0.1) is 0 Å². The van der Waals surface area contributed by atoms with Crippen LogP contribution in [0.15, 0.2) is 6.20 Å². The molecule has 3 rings (SSSR count). The van der Waals surface area contributed by atoms with Crippen molar-refractivity contribution in [1.82, 2.24) is 9.55 Å². The number of hydrogen-bond donors (Lipinski definition) is 1. The first kappa shape index (κ1) is 8.48. The zero-order valence-corrected chi connectivity index (χ0v) is 8.50. The van der Waals surface area contributed by atoms with Gasteiger partial charge in [-0.2, -0.15) is 0 Å². The van der Waals surface area contributed by atoms with Gasteiger partial charge in [0.2, 0.25) is 0 Å². The van der Waals surface area contributed by atoms with Gasteiger partial charge in [0.05, 0.1) is 5.69 Å². The van der Waals surface area contributed by atoms with Crippen LogP contribution in [0.25, 0.3) is 0 Å². The van der Waals surface area contributed by atoms with Crippen LogP contribution in [-0.2, 0) is 19.4 Å². The lowest BCUT2D eigenvalue weighted by Gasteiger charge is -2.05. The average molecular weight is 191 g/mol. The molecule has 0 amide bonds. The molecule has 0 saturated heterocycles. The number of aryl methyl sites for hydroxylation is 3. The maximum Gasteiger partial charge on any atom is 0.109 e. The van der Waals surface area contributed by atoms with E-state index in [0.29, 0.717) is 0 Å². The summed E-state index contributed by atoms with van der Waals surface area (Å²) in [6.45, 7) is 1.16. The van der Waals surface area contributed by atoms with Gasteiger partial charge in [0, 0.05) is 24.7 Å². The van der Waals surface area contributed by atoms with Gasteiger partial charge in [-0.05, 0) is 32.1 Å². The highest BCUT2D eigenvalue weighted by molar-refractivity contribution is 5.10. The fourth-order valence-electron chi connectivity index (χ4n) is 2.22. The third-order valence-electron chi connectivity index (χ3n) is 3.48. The van der Waals surface area contributed by atoms with E-state index in [1.807, 2.05) is 0 Å². The fraction of sp³-hybridized carbons (Fsp3) is 0.727. The molecule has 0 aromatic carbocycles. The Kier molecular flexibility index (Phi) is 1.71. The van der Waals surface area contributed by atoms with Crippen molar-refractivity contribution in [2.75, 3.05) is 0 Å². The summed E-state index contributed by atoms with van der Waals surface area (Å²) in [6, 6.07) is 0. The first-order valence-corrected chi connectivity index (χ1v) is 5.59. The third kappa shape index (κ3) is 1.46. The fourth-order valence-corrected chi connectivity index (χ4v) is 2.22. The van der Waals surface area contributed by atoms with Gasteiger partial charge in [0.1, 0.15) is 5.82 Å². The standard InChI is InChI=1S/C11H17N3/c12-11(5-6-11)4-3-9-8-14-7-1-2-10(14)13-9/h8H,1-7,12H2. The van der Waals surface area contributed by atoms with Crippen LogP contribution in [0.5, 0.6) is 0 Å². The number of hydrogen-bond acceptors (Lipinski definition) is 2. The quantitative estimate of drug-likeness (QED) is 0.781. The van der Waals surface area contributed by atoms with Crippen molar-refractivity contribution in [2.45, 2.75) is 50.6 Å². The molecular weight excluding hydrogens is 174 g/mol. The highest BCUT2D eigenvalue weighted by atomic mass is 15.1. The lowest BCUT2D eigenvalue weighted by atomic mass is 10.1. The normalized spacial score (nSPS) is 22.4. The van der Waals surface area contributed by atoms with Crippen molar-refractivity contribution < 1.29 is 0 Å². The zero-order chi connectivity index (χ0) is 9.60. The molecule has 0 spiro atoms. The van der Waals surface area contributed by atoms with E-state index in [1.54, 1.807) is 0 Å². The van der Waals surface area contributed by atoms with Gasteiger partial charge in [-0.25, -0.2) is 4.98 Å². The SMILES string of the molecule is NC1(CCc2cn3c(n2)CCC3)CC1. The minimum atomic E-state index is 0.175. The zero-order valence-electron chi connectivity index (χ0n) is 8.50. The molecule has 2 N–H and O–H groups in total. The Labute approximate surface area is 84.3 Å². The third-order valence-corrected chi connectivity index (χ3v) is 3.48. The van der Waals surface area contributed by atoms with E-state index in [9.17, 15) is 0 Å². The van der Waals surface area contributed by atoms with Gasteiger partial charge in [0.25, 0.3) is 0 Å². The summed E-state index contributed by atoms with van der Waals surface area (Å²) < 4.78 is 2.30. The van der Waals surface area contributed by atoms with Crippen LogP contribution in [0.4, 0.5) is 0 Å². The van der Waals surface area contributed by atoms with E-state index in [1.165, 1.54) is 30.8 Å². The maximum atomic E-state index is 6.05. The molecule has 3 heteroatoms. The summed E-state index contributed by atoms with van der Waals surface area (Å²) >= 11 is 0. The number of imidazole rings is 1. The van der Waals surface area contributed by atoms with E-state index in [-0.39, 0.29) is 5.54 Å². The second-order valence-corrected chi connectivity index (χ2v) is 4.81. The molecule has 76 valence electrons. The molecule has 14 heavy (non-hydrogen) atoms. The Hall–Kier alpha value is -0.830. The molecule has 1 aromatic rings. The first-order valence-electron chi connectivity index (χ1n) is 5.59. The predicted octanol–water partition coefficient (Wildman–Crippen LogP) is 1.25. The molecule has 2 aliphatic rings. The molecule has 0 radical (unpaired) electrons. The molecule has 1 aromatic heterocycles. The lowest BCUT2D eigenvalue weighted by molar-refractivity contribution is 0.602. The highest BCUT2D eigenvalue weighted by Crippen LogP contribution is 2.36. The van der Waals surface area contributed by atoms with E-state index in [0.717, 1.165) is 25.8 Å². The Morgan fingerprint density at radius 1 is 1.50 bits per heavy atom. The minimum Gasteiger partial charge on any atom is -0.335 e. The molecule has 1 aliphatic carbocycles. The number of rotatable bonds is 3. The molecule has 0 unspecified atom stereocenters. The molecule has 1 fully saturated rings. The molecule has 3 nitrogen and oxygen atoms in total. The maximum absolute atomic E-state index is 6.05. The van der Waals surface area contributed by atoms with E-state index >= 15 is 0 Å². The van der Waals surface area contributed by atoms with Crippen molar-refractivity contribution in [3.8, 4) is 0 Å². The second-order valence-electron chi connectivity index (χ2n) is 4.81. The van der Waals surface area contributed by atoms with Crippen LogP contribution in [-0.4, -0.2) is 15.1 Å². The van der Waals surface area contributed by atoms with Crippen molar-refractivity contribution >= 4 is 0 Å². The molecule has 0 bridgehead atoms. The topological polar surface area (TPSA) is 43.8 Å². The minimum absolute atomic E-state index is 0.175. The number of fused-ring (bicyclic) bond motifs is 1. The van der Waals surface area contributed by atoms with Crippen LogP contribution in [0.3, 0.4) is 0 Å². The number of nitrogens with two attached hydrogens (primary N) is 1. The summed E-state index contributed by atoms with van der Waals surface area (Å²) in [4.78, 5) is 4.63. The van der Waals surface area contributed by atoms with Gasteiger partial charge in [-0.1, -0.05) is 0 Å². The Bertz CT molecular complexity index is 328. The summed E-state index contributed by atoms with van der Waals surface area (Å²) in [7, 11) is 0. The number of aromatic nitrogens is 2. The van der Waals surface area contributed by atoms with Crippen molar-refractivity contribution in [2.24, 2.45) is 5.73 Å². The van der Waals surface area contributed by atoms with Gasteiger partial charge in [-0.15, -0.1) is 0 Å². The largest absolute Gasteiger partial charge is 0.335 e. The molecule has 1 saturated carbocycles. The van der Waals surface area contributed by atoms with Gasteiger partial charge >= 0.3 is 0 Å². The summed E-state index contributed by atoms with van der Waals surface area (Å²) in [5.41, 5.74) is 7.47. The van der Waals surface area contributed by atoms with Gasteiger partial charge in [-0.3, -0.25) is 0 Å². The van der Waals surface area contributed by atoms with E-state index < -0.39 is 0 Å². The Morgan fingerprint density at radius 3 is 3.07 bits per heavy atom. The second kappa shape index (κ2) is 2.83. The summed E-state index contributed by atoms with van der Waals surface area (Å²) in [5.74, 6) is 1.28. The van der Waals surface area contributed by atoms with Crippen LogP contribution in [0.2, 0.25) is 0 Å². The monoisotopic (exact) mass is 191 g/mol. The lowest BCUT2D eigenvalue weighted by Crippen LogP contribution is -2.22. The van der Waals surface area contributed by atoms with Crippen molar-refractivity contribution in [3.05, 3.63) is 17.7 Å². The van der Waals surface area contributed by atoms with Crippen LogP contribution < -0.4 is 5.73 Å². The van der Waals surface area contributed by atoms with Crippen molar-refractivity contribution in [3.63, 3.8) is 0 Å². The van der Waals surface area contributed by atoms with Gasteiger partial charge in [0.15, 0.2) is 0 Å². The first-order chi connectivity index (χ1) is 6.75. The molecule has 1 aliphatic heterocycles. The average Bonchev–Trinajstić information content (AvgIpc) is 2.61. The summed E-state index contributed by atoms with van der Waals surface area (Å²) in [6.07, 6.45) is 9.24. The summed E-state index contributed by atoms with van der Waals surface area (Å²) in [5, 5.41) is 0. The molecule has 2 heterocycles. The van der Waals surface area contributed by atoms with Gasteiger partial charge < -0.3 is 10.3 Å². The van der Waals surface area contributed by atoms with Crippen LogP contribution in [0.1, 0.15) is 37.2 Å². The molecule has 0 atom stereocenters. The van der Waals surface area contributed by atoms with Crippen molar-refractivity contribution in [1.29, 1.82) is 0 Å². The molecular formula is C11H17N3. The highest BCUT2D eigenvalue weighted by Gasteiger charge is 2.37. The smallest absolute Gasteiger partial charge is 0.109 e. The number of nitrogens with zero attached hydrogens (tertiary/aromatic N) is 2.